The Morgan fingerprint density at radius 1 is 0.857 bits per heavy atom. The van der Waals surface area contributed by atoms with Gasteiger partial charge in [0.05, 0.1) is 0 Å². The van der Waals surface area contributed by atoms with Crippen molar-refractivity contribution >= 4 is 28.9 Å². The van der Waals surface area contributed by atoms with Gasteiger partial charge in [-0.1, -0.05) is 6.07 Å². The van der Waals surface area contributed by atoms with Crippen molar-refractivity contribution in [2.24, 2.45) is 5.41 Å². The second kappa shape index (κ2) is 8.05. The van der Waals surface area contributed by atoms with E-state index in [4.69, 9.17) is 0 Å². The third kappa shape index (κ3) is 4.19. The SMILES string of the molecule is CCN(CC)c1ccc(NC(=O)C2(C(=O)Nc3cc(C)cc(C)c3)CC2)cc1. The van der Waals surface area contributed by atoms with E-state index in [9.17, 15) is 9.59 Å². The highest BCUT2D eigenvalue weighted by atomic mass is 16.2. The zero-order valence-corrected chi connectivity index (χ0v) is 17.1. The van der Waals surface area contributed by atoms with Crippen LogP contribution in [0, 0.1) is 19.3 Å². The molecule has 3 rings (SSSR count). The predicted molar refractivity (Wildman–Crippen MR) is 115 cm³/mol. The van der Waals surface area contributed by atoms with Crippen molar-refractivity contribution < 1.29 is 9.59 Å². The van der Waals surface area contributed by atoms with Crippen molar-refractivity contribution in [3.63, 3.8) is 0 Å². The fourth-order valence-corrected chi connectivity index (χ4v) is 3.57. The first-order valence-electron chi connectivity index (χ1n) is 9.94. The topological polar surface area (TPSA) is 61.4 Å². The van der Waals surface area contributed by atoms with Gasteiger partial charge in [0, 0.05) is 30.2 Å². The molecule has 2 aromatic carbocycles. The standard InChI is InChI=1S/C23H29N3O2/c1-5-26(6-2)20-9-7-18(8-10-20)24-21(27)23(11-12-23)22(28)25-19-14-16(3)13-17(4)15-19/h7-10,13-15H,5-6,11-12H2,1-4H3,(H,24,27)(H,25,28). The van der Waals surface area contributed by atoms with Gasteiger partial charge < -0.3 is 15.5 Å². The minimum atomic E-state index is -0.963. The highest BCUT2D eigenvalue weighted by molar-refractivity contribution is 6.16. The second-order valence-electron chi connectivity index (χ2n) is 7.59. The summed E-state index contributed by atoms with van der Waals surface area (Å²) >= 11 is 0. The maximum absolute atomic E-state index is 12.8. The highest BCUT2D eigenvalue weighted by Gasteiger charge is 2.56. The summed E-state index contributed by atoms with van der Waals surface area (Å²) in [6, 6.07) is 13.7. The molecule has 0 atom stereocenters. The van der Waals surface area contributed by atoms with Crippen LogP contribution in [0.4, 0.5) is 17.1 Å². The number of amides is 2. The molecule has 2 N–H and O–H groups in total. The van der Waals surface area contributed by atoms with Crippen molar-refractivity contribution in [1.82, 2.24) is 0 Å². The maximum atomic E-state index is 12.8. The Balaban J connectivity index is 1.67. The van der Waals surface area contributed by atoms with Crippen LogP contribution in [0.1, 0.15) is 37.8 Å². The van der Waals surface area contributed by atoms with Crippen LogP contribution in [-0.2, 0) is 9.59 Å². The van der Waals surface area contributed by atoms with Crippen LogP contribution in [0.2, 0.25) is 0 Å². The molecule has 28 heavy (non-hydrogen) atoms. The Hall–Kier alpha value is -2.82. The fourth-order valence-electron chi connectivity index (χ4n) is 3.57. The van der Waals surface area contributed by atoms with Gasteiger partial charge >= 0.3 is 0 Å². The van der Waals surface area contributed by atoms with Crippen LogP contribution in [0.15, 0.2) is 42.5 Å². The predicted octanol–water partition coefficient (Wildman–Crippen LogP) is 4.51. The number of carbonyl (C=O) groups is 2. The summed E-state index contributed by atoms with van der Waals surface area (Å²) in [5.41, 5.74) is 3.78. The van der Waals surface area contributed by atoms with E-state index in [0.717, 1.165) is 35.6 Å². The Kier molecular flexibility index (Phi) is 5.73. The zero-order valence-electron chi connectivity index (χ0n) is 17.1. The zero-order chi connectivity index (χ0) is 20.3. The first-order valence-corrected chi connectivity index (χ1v) is 9.94. The van der Waals surface area contributed by atoms with Crippen LogP contribution in [0.3, 0.4) is 0 Å². The number of hydrogen-bond donors (Lipinski definition) is 2. The molecule has 5 heteroatoms. The Morgan fingerprint density at radius 2 is 1.36 bits per heavy atom. The van der Waals surface area contributed by atoms with Gasteiger partial charge in [0.25, 0.3) is 0 Å². The van der Waals surface area contributed by atoms with Crippen LogP contribution in [0.25, 0.3) is 0 Å². The molecule has 0 bridgehead atoms. The maximum Gasteiger partial charge on any atom is 0.240 e. The summed E-state index contributed by atoms with van der Waals surface area (Å²) < 4.78 is 0. The van der Waals surface area contributed by atoms with Gasteiger partial charge in [-0.3, -0.25) is 9.59 Å². The molecule has 1 fully saturated rings. The number of anilines is 3. The Labute approximate surface area is 167 Å². The highest BCUT2D eigenvalue weighted by Crippen LogP contribution is 2.47. The molecule has 0 unspecified atom stereocenters. The van der Waals surface area contributed by atoms with E-state index in [0.29, 0.717) is 18.5 Å². The number of carbonyl (C=O) groups excluding carboxylic acids is 2. The first kappa shape index (κ1) is 19.9. The van der Waals surface area contributed by atoms with E-state index < -0.39 is 5.41 Å². The van der Waals surface area contributed by atoms with Crippen molar-refractivity contribution in [3.05, 3.63) is 53.6 Å². The molecule has 0 spiro atoms. The van der Waals surface area contributed by atoms with Crippen molar-refractivity contribution in [3.8, 4) is 0 Å². The quantitative estimate of drug-likeness (QED) is 0.696. The van der Waals surface area contributed by atoms with Crippen LogP contribution in [-0.4, -0.2) is 24.9 Å². The summed E-state index contributed by atoms with van der Waals surface area (Å²) in [6.07, 6.45) is 1.15. The van der Waals surface area contributed by atoms with Gasteiger partial charge in [-0.2, -0.15) is 0 Å². The van der Waals surface area contributed by atoms with Gasteiger partial charge in [-0.25, -0.2) is 0 Å². The first-order chi connectivity index (χ1) is 13.4. The molecule has 0 aliphatic heterocycles. The molecular weight excluding hydrogens is 350 g/mol. The van der Waals surface area contributed by atoms with E-state index in [2.05, 4.69) is 35.4 Å². The number of aryl methyl sites for hydroxylation is 2. The van der Waals surface area contributed by atoms with Crippen LogP contribution in [0.5, 0.6) is 0 Å². The molecule has 0 heterocycles. The summed E-state index contributed by atoms with van der Waals surface area (Å²) in [4.78, 5) is 27.8. The number of benzene rings is 2. The third-order valence-electron chi connectivity index (χ3n) is 5.35. The average Bonchev–Trinajstić information content (AvgIpc) is 3.45. The molecule has 0 aromatic heterocycles. The van der Waals surface area contributed by atoms with E-state index in [-0.39, 0.29) is 11.8 Å². The fraction of sp³-hybridized carbons (Fsp3) is 0.391. The molecule has 1 aliphatic rings. The average molecular weight is 380 g/mol. The third-order valence-corrected chi connectivity index (χ3v) is 5.35. The molecule has 2 aromatic rings. The van der Waals surface area contributed by atoms with Gasteiger partial charge in [0.1, 0.15) is 5.41 Å². The van der Waals surface area contributed by atoms with Crippen molar-refractivity contribution in [2.45, 2.75) is 40.5 Å². The van der Waals surface area contributed by atoms with Crippen LogP contribution < -0.4 is 15.5 Å². The largest absolute Gasteiger partial charge is 0.372 e. The van der Waals surface area contributed by atoms with E-state index in [1.807, 2.05) is 50.2 Å². The number of nitrogens with one attached hydrogen (secondary N) is 2. The van der Waals surface area contributed by atoms with E-state index in [1.54, 1.807) is 0 Å². The van der Waals surface area contributed by atoms with E-state index >= 15 is 0 Å². The number of nitrogens with zero attached hydrogens (tertiary/aromatic N) is 1. The number of rotatable bonds is 7. The summed E-state index contributed by atoms with van der Waals surface area (Å²) in [6.45, 7) is 10.1. The minimum absolute atomic E-state index is 0.227. The second-order valence-corrected chi connectivity index (χ2v) is 7.59. The van der Waals surface area contributed by atoms with Gasteiger partial charge in [-0.15, -0.1) is 0 Å². The van der Waals surface area contributed by atoms with E-state index in [1.165, 1.54) is 0 Å². The summed E-state index contributed by atoms with van der Waals surface area (Å²) in [5.74, 6) is -0.459. The molecular formula is C23H29N3O2. The molecule has 1 aliphatic carbocycles. The van der Waals surface area contributed by atoms with Crippen molar-refractivity contribution in [1.29, 1.82) is 0 Å². The van der Waals surface area contributed by atoms with Crippen molar-refractivity contribution in [2.75, 3.05) is 28.6 Å². The normalized spacial score (nSPS) is 14.3. The molecule has 0 radical (unpaired) electrons. The van der Waals surface area contributed by atoms with Crippen LogP contribution >= 0.6 is 0 Å². The van der Waals surface area contributed by atoms with Gasteiger partial charge in [-0.05, 0) is 88.1 Å². The lowest BCUT2D eigenvalue weighted by Gasteiger charge is -2.21. The lowest BCUT2D eigenvalue weighted by Crippen LogP contribution is -2.35. The molecule has 1 saturated carbocycles. The molecule has 2 amide bonds. The lowest BCUT2D eigenvalue weighted by atomic mass is 10.0. The summed E-state index contributed by atoms with van der Waals surface area (Å²) in [7, 11) is 0. The van der Waals surface area contributed by atoms with Gasteiger partial charge in [0.2, 0.25) is 11.8 Å². The smallest absolute Gasteiger partial charge is 0.240 e. The lowest BCUT2D eigenvalue weighted by molar-refractivity contribution is -0.131. The Morgan fingerprint density at radius 3 is 1.82 bits per heavy atom. The summed E-state index contributed by atoms with van der Waals surface area (Å²) in [5, 5.41) is 5.84. The molecule has 148 valence electrons. The molecule has 0 saturated heterocycles. The van der Waals surface area contributed by atoms with Gasteiger partial charge in [0.15, 0.2) is 0 Å². The Bertz CT molecular complexity index is 846. The monoisotopic (exact) mass is 379 g/mol. The molecule has 5 nitrogen and oxygen atoms in total. The number of hydrogen-bond acceptors (Lipinski definition) is 3. The minimum Gasteiger partial charge on any atom is -0.372 e.